The standard InChI is InChI=1S/C18H22N4O2/c1-5-15-17(23)22-14-7-6-13(8-16(14)24-15)12(4)21-18-19-9-10(2)11(3)20-18/h6-9,12,15H,5H2,1-4H3,(H,22,23)(H,19,20,21)/t12-,15+/m1/s1. The van der Waals surface area contributed by atoms with Gasteiger partial charge in [0.2, 0.25) is 5.95 Å². The van der Waals surface area contributed by atoms with Crippen LogP contribution in [-0.4, -0.2) is 22.0 Å². The number of nitrogens with zero attached hydrogens (tertiary/aromatic N) is 2. The zero-order valence-corrected chi connectivity index (χ0v) is 14.4. The van der Waals surface area contributed by atoms with E-state index in [-0.39, 0.29) is 11.9 Å². The molecule has 1 aliphatic heterocycles. The maximum atomic E-state index is 11.8. The highest BCUT2D eigenvalue weighted by molar-refractivity contribution is 5.97. The molecule has 6 heteroatoms. The van der Waals surface area contributed by atoms with E-state index in [1.54, 1.807) is 0 Å². The quantitative estimate of drug-likeness (QED) is 0.901. The van der Waals surface area contributed by atoms with Crippen molar-refractivity contribution in [2.45, 2.75) is 46.3 Å². The summed E-state index contributed by atoms with van der Waals surface area (Å²) in [6.45, 7) is 7.92. The number of carbonyl (C=O) groups is 1. The molecule has 0 spiro atoms. The van der Waals surface area contributed by atoms with Gasteiger partial charge in [0.15, 0.2) is 6.10 Å². The molecule has 2 aromatic rings. The van der Waals surface area contributed by atoms with Crippen LogP contribution in [0, 0.1) is 13.8 Å². The molecule has 24 heavy (non-hydrogen) atoms. The fourth-order valence-corrected chi connectivity index (χ4v) is 2.57. The fraction of sp³-hybridized carbons (Fsp3) is 0.389. The maximum absolute atomic E-state index is 11.8. The number of rotatable bonds is 4. The Bertz CT molecular complexity index is 776. The first-order valence-electron chi connectivity index (χ1n) is 8.16. The van der Waals surface area contributed by atoms with Crippen molar-refractivity contribution in [1.29, 1.82) is 0 Å². The van der Waals surface area contributed by atoms with Crippen LogP contribution in [0.2, 0.25) is 0 Å². The van der Waals surface area contributed by atoms with Gasteiger partial charge in [-0.3, -0.25) is 4.79 Å². The van der Waals surface area contributed by atoms with Gasteiger partial charge in [-0.25, -0.2) is 9.97 Å². The number of carbonyl (C=O) groups excluding carboxylic acids is 1. The smallest absolute Gasteiger partial charge is 0.265 e. The van der Waals surface area contributed by atoms with E-state index < -0.39 is 6.10 Å². The lowest BCUT2D eigenvalue weighted by atomic mass is 10.1. The Morgan fingerprint density at radius 1 is 1.38 bits per heavy atom. The highest BCUT2D eigenvalue weighted by Crippen LogP contribution is 2.33. The molecule has 2 heterocycles. The summed E-state index contributed by atoms with van der Waals surface area (Å²) >= 11 is 0. The molecule has 6 nitrogen and oxygen atoms in total. The van der Waals surface area contributed by atoms with Crippen molar-refractivity contribution in [3.8, 4) is 5.75 Å². The molecular formula is C18H22N4O2. The maximum Gasteiger partial charge on any atom is 0.265 e. The number of amides is 1. The SMILES string of the molecule is CC[C@@H]1Oc2cc([C@@H](C)Nc3ncc(C)c(C)n3)ccc2NC1=O. The normalized spacial score (nSPS) is 17.5. The summed E-state index contributed by atoms with van der Waals surface area (Å²) in [7, 11) is 0. The zero-order valence-electron chi connectivity index (χ0n) is 14.4. The minimum atomic E-state index is -0.431. The first-order valence-corrected chi connectivity index (χ1v) is 8.16. The first kappa shape index (κ1) is 16.2. The molecule has 0 unspecified atom stereocenters. The van der Waals surface area contributed by atoms with Crippen molar-refractivity contribution < 1.29 is 9.53 Å². The van der Waals surface area contributed by atoms with E-state index in [0.717, 1.165) is 16.8 Å². The number of aromatic nitrogens is 2. The van der Waals surface area contributed by atoms with Gasteiger partial charge in [-0.15, -0.1) is 0 Å². The monoisotopic (exact) mass is 326 g/mol. The Morgan fingerprint density at radius 2 is 2.17 bits per heavy atom. The minimum Gasteiger partial charge on any atom is -0.478 e. The lowest BCUT2D eigenvalue weighted by molar-refractivity contribution is -0.123. The van der Waals surface area contributed by atoms with Crippen LogP contribution in [0.3, 0.4) is 0 Å². The van der Waals surface area contributed by atoms with Gasteiger partial charge in [0, 0.05) is 11.9 Å². The fourth-order valence-electron chi connectivity index (χ4n) is 2.57. The molecule has 0 radical (unpaired) electrons. The summed E-state index contributed by atoms with van der Waals surface area (Å²) in [6.07, 6.45) is 2.02. The second-order valence-corrected chi connectivity index (χ2v) is 6.09. The van der Waals surface area contributed by atoms with Crippen molar-refractivity contribution in [3.63, 3.8) is 0 Å². The largest absolute Gasteiger partial charge is 0.478 e. The number of benzene rings is 1. The van der Waals surface area contributed by atoms with Crippen molar-refractivity contribution in [3.05, 3.63) is 41.2 Å². The van der Waals surface area contributed by atoms with Crippen molar-refractivity contribution in [2.75, 3.05) is 10.6 Å². The van der Waals surface area contributed by atoms with Crippen molar-refractivity contribution >= 4 is 17.5 Å². The number of hydrogen-bond donors (Lipinski definition) is 2. The average molecular weight is 326 g/mol. The van der Waals surface area contributed by atoms with Gasteiger partial charge in [0.05, 0.1) is 11.7 Å². The van der Waals surface area contributed by atoms with E-state index in [1.807, 2.05) is 52.1 Å². The Morgan fingerprint density at radius 3 is 2.88 bits per heavy atom. The van der Waals surface area contributed by atoms with Crippen LogP contribution in [0.1, 0.15) is 43.1 Å². The lowest BCUT2D eigenvalue weighted by Crippen LogP contribution is -2.36. The number of nitrogens with one attached hydrogen (secondary N) is 2. The third kappa shape index (κ3) is 3.18. The third-order valence-corrected chi connectivity index (χ3v) is 4.27. The second kappa shape index (κ2) is 6.47. The number of anilines is 2. The summed E-state index contributed by atoms with van der Waals surface area (Å²) < 4.78 is 5.80. The van der Waals surface area contributed by atoms with Crippen molar-refractivity contribution in [1.82, 2.24) is 9.97 Å². The van der Waals surface area contributed by atoms with Gasteiger partial charge in [-0.2, -0.15) is 0 Å². The second-order valence-electron chi connectivity index (χ2n) is 6.09. The Labute approximate surface area is 141 Å². The van der Waals surface area contributed by atoms with E-state index in [4.69, 9.17) is 4.74 Å². The molecular weight excluding hydrogens is 304 g/mol. The highest BCUT2D eigenvalue weighted by Gasteiger charge is 2.26. The molecule has 0 saturated carbocycles. The van der Waals surface area contributed by atoms with Crippen LogP contribution in [0.25, 0.3) is 0 Å². The van der Waals surface area contributed by atoms with Crippen molar-refractivity contribution in [2.24, 2.45) is 0 Å². The van der Waals surface area contributed by atoms with Crippen LogP contribution in [0.5, 0.6) is 5.75 Å². The van der Waals surface area contributed by atoms with Crippen LogP contribution in [0.4, 0.5) is 11.6 Å². The number of hydrogen-bond acceptors (Lipinski definition) is 5. The molecule has 1 aromatic carbocycles. The van der Waals surface area contributed by atoms with E-state index in [2.05, 4.69) is 20.6 Å². The molecule has 0 saturated heterocycles. The number of fused-ring (bicyclic) bond motifs is 1. The Balaban J connectivity index is 1.79. The zero-order chi connectivity index (χ0) is 17.3. The van der Waals surface area contributed by atoms with E-state index in [1.165, 1.54) is 0 Å². The molecule has 0 bridgehead atoms. The Hall–Kier alpha value is -2.63. The first-order chi connectivity index (χ1) is 11.5. The van der Waals surface area contributed by atoms with Gasteiger partial charge >= 0.3 is 0 Å². The number of aryl methyl sites for hydroxylation is 2. The van der Waals surface area contributed by atoms with Crippen LogP contribution >= 0.6 is 0 Å². The van der Waals surface area contributed by atoms with Crippen LogP contribution in [0.15, 0.2) is 24.4 Å². The average Bonchev–Trinajstić information content (AvgIpc) is 2.57. The predicted molar refractivity (Wildman–Crippen MR) is 93.3 cm³/mol. The van der Waals surface area contributed by atoms with Gasteiger partial charge in [0.1, 0.15) is 5.75 Å². The molecule has 1 amide bonds. The van der Waals surface area contributed by atoms with Gasteiger partial charge in [-0.1, -0.05) is 13.0 Å². The summed E-state index contributed by atoms with van der Waals surface area (Å²) in [6, 6.07) is 5.80. The van der Waals surface area contributed by atoms with E-state index in [9.17, 15) is 4.79 Å². The summed E-state index contributed by atoms with van der Waals surface area (Å²) in [5.74, 6) is 1.21. The Kier molecular flexibility index (Phi) is 4.38. The molecule has 3 rings (SSSR count). The van der Waals surface area contributed by atoms with Gasteiger partial charge in [0.25, 0.3) is 5.91 Å². The van der Waals surface area contributed by atoms with Gasteiger partial charge < -0.3 is 15.4 Å². The topological polar surface area (TPSA) is 76.1 Å². The summed E-state index contributed by atoms with van der Waals surface area (Å²) in [5, 5.41) is 6.18. The highest BCUT2D eigenvalue weighted by atomic mass is 16.5. The van der Waals surface area contributed by atoms with E-state index in [0.29, 0.717) is 23.8 Å². The third-order valence-electron chi connectivity index (χ3n) is 4.27. The molecule has 0 aliphatic carbocycles. The number of ether oxygens (including phenoxy) is 1. The molecule has 1 aliphatic rings. The molecule has 2 N–H and O–H groups in total. The van der Waals surface area contributed by atoms with Gasteiger partial charge in [-0.05, 0) is 50.5 Å². The molecule has 0 fully saturated rings. The minimum absolute atomic E-state index is 0.0127. The summed E-state index contributed by atoms with van der Waals surface area (Å²) in [5.41, 5.74) is 3.78. The molecule has 2 atom stereocenters. The predicted octanol–water partition coefficient (Wildman–Crippen LogP) is 3.38. The molecule has 126 valence electrons. The van der Waals surface area contributed by atoms with Crippen LogP contribution < -0.4 is 15.4 Å². The summed E-state index contributed by atoms with van der Waals surface area (Å²) in [4.78, 5) is 20.6. The van der Waals surface area contributed by atoms with Crippen LogP contribution in [-0.2, 0) is 4.79 Å². The van der Waals surface area contributed by atoms with E-state index >= 15 is 0 Å². The molecule has 1 aromatic heterocycles. The lowest BCUT2D eigenvalue weighted by Gasteiger charge is -2.26.